The first kappa shape index (κ1) is 47.3. The third kappa shape index (κ3) is 20.5. The summed E-state index contributed by atoms with van der Waals surface area (Å²) >= 11 is 0. The molecule has 1 aromatic rings. The van der Waals surface area contributed by atoms with Gasteiger partial charge >= 0.3 is 35.3 Å². The second-order valence-electron chi connectivity index (χ2n) is 13.0. The van der Waals surface area contributed by atoms with Crippen LogP contribution in [0.15, 0.2) is 29.9 Å². The van der Waals surface area contributed by atoms with Gasteiger partial charge < -0.3 is 16.0 Å². The van der Waals surface area contributed by atoms with Gasteiger partial charge in [0, 0.05) is 39.3 Å². The highest BCUT2D eigenvalue weighted by atomic mass is 16.7. The van der Waals surface area contributed by atoms with E-state index in [0.717, 1.165) is 33.0 Å². The maximum Gasteiger partial charge on any atom is 0.433 e. The Bertz CT molecular complexity index is 1350. The number of rotatable bonds is 27. The molecule has 0 aliphatic carbocycles. The number of hydrogen-bond acceptors (Lipinski definition) is 12. The number of unbranched alkanes of at least 4 members (excludes halogenated alkanes) is 9. The summed E-state index contributed by atoms with van der Waals surface area (Å²) in [7, 11) is 0. The van der Waals surface area contributed by atoms with Crippen LogP contribution in [0.3, 0.4) is 0 Å². The molecule has 0 spiro atoms. The van der Waals surface area contributed by atoms with Gasteiger partial charge in [0.1, 0.15) is 0 Å². The van der Waals surface area contributed by atoms with Crippen molar-refractivity contribution in [1.82, 2.24) is 29.7 Å². The van der Waals surface area contributed by atoms with Crippen molar-refractivity contribution in [2.24, 2.45) is 15.5 Å². The molecule has 0 bridgehead atoms. The third-order valence-corrected chi connectivity index (χ3v) is 8.51. The molecule has 1 heterocycles. The molecule has 54 heavy (non-hydrogen) atoms. The number of nitrogens with one attached hydrogen (secondary N) is 3. The highest BCUT2D eigenvalue weighted by molar-refractivity contribution is 5.82. The quantitative estimate of drug-likeness (QED) is 0.0452. The molecular formula is C36H63N9O9. The van der Waals surface area contributed by atoms with Gasteiger partial charge in [0.15, 0.2) is 0 Å². The minimum atomic E-state index is -0.627. The molecule has 0 saturated carbocycles. The van der Waals surface area contributed by atoms with Crippen LogP contribution < -0.4 is 33.0 Å². The van der Waals surface area contributed by atoms with E-state index in [1.165, 1.54) is 0 Å². The van der Waals surface area contributed by atoms with Crippen LogP contribution >= 0.6 is 0 Å². The van der Waals surface area contributed by atoms with Crippen molar-refractivity contribution in [3.63, 3.8) is 0 Å². The van der Waals surface area contributed by atoms with Crippen LogP contribution in [0.2, 0.25) is 0 Å². The van der Waals surface area contributed by atoms with E-state index in [-0.39, 0.29) is 19.6 Å². The van der Waals surface area contributed by atoms with E-state index in [1.807, 2.05) is 20.8 Å². The molecule has 0 atom stereocenters. The van der Waals surface area contributed by atoms with Gasteiger partial charge in [-0.2, -0.15) is 0 Å². The Labute approximate surface area is 317 Å². The molecule has 0 saturated heterocycles. The Morgan fingerprint density at radius 2 is 0.685 bits per heavy atom. The Kier molecular flexibility index (Phi) is 25.1. The summed E-state index contributed by atoms with van der Waals surface area (Å²) in [4.78, 5) is 89.9. The average molecular weight is 766 g/mol. The maximum absolute atomic E-state index is 13.4. The summed E-state index contributed by atoms with van der Waals surface area (Å²) in [5.74, 6) is 0. The molecule has 0 unspecified atom stereocenters. The van der Waals surface area contributed by atoms with E-state index in [9.17, 15) is 28.8 Å². The van der Waals surface area contributed by atoms with Crippen molar-refractivity contribution in [2.75, 3.05) is 19.6 Å². The Morgan fingerprint density at radius 1 is 0.444 bits per heavy atom. The zero-order chi connectivity index (χ0) is 40.1. The molecule has 0 fully saturated rings. The van der Waals surface area contributed by atoms with Crippen LogP contribution in [-0.2, 0) is 34.1 Å². The van der Waals surface area contributed by atoms with Crippen molar-refractivity contribution < 1.29 is 28.9 Å². The number of amides is 3. The maximum atomic E-state index is 13.4. The number of carbonyl (C=O) groups excluding carboxylic acids is 3. The predicted molar refractivity (Wildman–Crippen MR) is 208 cm³/mol. The third-order valence-electron chi connectivity index (χ3n) is 8.51. The summed E-state index contributed by atoms with van der Waals surface area (Å²) in [6, 6.07) is 0. The van der Waals surface area contributed by atoms with Gasteiger partial charge in [-0.05, 0) is 78.6 Å². The zero-order valence-corrected chi connectivity index (χ0v) is 33.2. The van der Waals surface area contributed by atoms with E-state index in [2.05, 4.69) is 31.4 Å². The van der Waals surface area contributed by atoms with E-state index in [1.54, 1.807) is 20.8 Å². The second kappa shape index (κ2) is 28.7. The number of carbonyl (C=O) groups is 3. The molecule has 18 heteroatoms. The normalized spacial score (nSPS) is 12.0. The van der Waals surface area contributed by atoms with Gasteiger partial charge in [-0.1, -0.05) is 74.8 Å². The van der Waals surface area contributed by atoms with Crippen LogP contribution in [0, 0.1) is 0 Å². The molecule has 3 amide bonds. The Hall–Kier alpha value is -4.77. The fraction of sp³-hybridized carbons (Fsp3) is 0.750. The average Bonchev–Trinajstić information content (AvgIpc) is 3.16. The molecule has 306 valence electrons. The number of nitrogens with zero attached hydrogens (tertiary/aromatic N) is 6. The highest BCUT2D eigenvalue weighted by Crippen LogP contribution is 2.04. The first-order chi connectivity index (χ1) is 25.9. The summed E-state index contributed by atoms with van der Waals surface area (Å²) in [5.41, 5.74) is 0.244. The lowest BCUT2D eigenvalue weighted by Gasteiger charge is -2.14. The summed E-state index contributed by atoms with van der Waals surface area (Å²) < 4.78 is 3.42. The Balaban J connectivity index is 2.76. The summed E-state index contributed by atoms with van der Waals surface area (Å²) in [5, 5.41) is 19.1. The Morgan fingerprint density at radius 3 is 0.926 bits per heavy atom. The lowest BCUT2D eigenvalue weighted by atomic mass is 10.2. The summed E-state index contributed by atoms with van der Waals surface area (Å²) in [6.45, 7) is 12.7. The molecular weight excluding hydrogens is 702 g/mol. The van der Waals surface area contributed by atoms with E-state index in [0.29, 0.717) is 114 Å². The van der Waals surface area contributed by atoms with E-state index < -0.39 is 35.3 Å². The van der Waals surface area contributed by atoms with Crippen molar-refractivity contribution in [3.8, 4) is 0 Å². The minimum Gasteiger partial charge on any atom is -0.320 e. The second-order valence-corrected chi connectivity index (χ2v) is 13.0. The largest absolute Gasteiger partial charge is 0.433 e. The molecule has 0 aliphatic rings. The van der Waals surface area contributed by atoms with Gasteiger partial charge in [-0.25, -0.2) is 42.5 Å². The number of aromatic nitrogens is 3. The van der Waals surface area contributed by atoms with Gasteiger partial charge in [0.25, 0.3) is 0 Å². The first-order valence-electron chi connectivity index (χ1n) is 19.3. The standard InChI is InChI=1S/C36H63N9O9/c1-7-28(4)40-52-31(46)37-22-16-10-13-19-25-43-34(49)44(26-20-14-11-17-23-38-32(47)53-41-29(5)8-2)36(51)45(35(43)50)27-21-15-12-18-24-39-33(48)54-42-30(6)9-3/h7-27H2,1-6H3,(H,37,46)(H,38,47)(H,39,48)/b40-28+,41-29+,42-30+. The molecule has 0 radical (unpaired) electrons. The van der Waals surface area contributed by atoms with Crippen molar-refractivity contribution in [2.45, 2.75) is 157 Å². The molecule has 18 nitrogen and oxygen atoms in total. The van der Waals surface area contributed by atoms with Crippen LogP contribution in [0.1, 0.15) is 138 Å². The number of oxime groups is 3. The fourth-order valence-corrected chi connectivity index (χ4v) is 4.72. The monoisotopic (exact) mass is 765 g/mol. The van der Waals surface area contributed by atoms with Gasteiger partial charge in [0.05, 0.1) is 17.1 Å². The van der Waals surface area contributed by atoms with Crippen LogP contribution in [0.4, 0.5) is 14.4 Å². The molecule has 3 N–H and O–H groups in total. The molecule has 0 aliphatic heterocycles. The highest BCUT2D eigenvalue weighted by Gasteiger charge is 2.15. The lowest BCUT2D eigenvalue weighted by Crippen LogP contribution is -2.54. The molecule has 1 rings (SSSR count). The van der Waals surface area contributed by atoms with E-state index in [4.69, 9.17) is 14.5 Å². The SMILES string of the molecule is CC/C(C)=N/OC(=O)NCCCCCCn1c(=O)n(CCCCCCNC(=O)O/N=C(\C)CC)c(=O)n(CCCCCCNC(=O)O/N=C(\C)CC)c1=O. The molecule has 1 aromatic heterocycles. The minimum absolute atomic E-state index is 0.158. The predicted octanol–water partition coefficient (Wildman–Crippen LogP) is 5.39. The smallest absolute Gasteiger partial charge is 0.320 e. The zero-order valence-electron chi connectivity index (χ0n) is 33.2. The van der Waals surface area contributed by atoms with Gasteiger partial charge in [0.2, 0.25) is 0 Å². The van der Waals surface area contributed by atoms with Crippen LogP contribution in [0.25, 0.3) is 0 Å². The van der Waals surface area contributed by atoms with Gasteiger partial charge in [-0.3, -0.25) is 14.5 Å². The topological polar surface area (TPSA) is 218 Å². The van der Waals surface area contributed by atoms with Gasteiger partial charge in [-0.15, -0.1) is 0 Å². The lowest BCUT2D eigenvalue weighted by molar-refractivity contribution is 0.149. The van der Waals surface area contributed by atoms with Crippen LogP contribution in [-0.4, -0.2) is 68.8 Å². The van der Waals surface area contributed by atoms with Crippen molar-refractivity contribution >= 4 is 35.4 Å². The molecule has 0 aromatic carbocycles. The first-order valence-corrected chi connectivity index (χ1v) is 19.3. The van der Waals surface area contributed by atoms with Crippen molar-refractivity contribution in [3.05, 3.63) is 31.5 Å². The van der Waals surface area contributed by atoms with Crippen LogP contribution in [0.5, 0.6) is 0 Å². The fourth-order valence-electron chi connectivity index (χ4n) is 4.72. The summed E-state index contributed by atoms with van der Waals surface area (Å²) in [6.07, 6.45) is 8.18. The van der Waals surface area contributed by atoms with E-state index >= 15 is 0 Å². The number of hydrogen-bond donors (Lipinski definition) is 3. The van der Waals surface area contributed by atoms with Crippen molar-refractivity contribution in [1.29, 1.82) is 0 Å².